The van der Waals surface area contributed by atoms with Crippen molar-refractivity contribution in [2.45, 2.75) is 38.5 Å². The predicted molar refractivity (Wildman–Crippen MR) is 84.7 cm³/mol. The molecule has 1 aliphatic rings. The van der Waals surface area contributed by atoms with Crippen molar-refractivity contribution >= 4 is 18.0 Å². The number of nitrogens with zero attached hydrogens (tertiary/aromatic N) is 2. The zero-order chi connectivity index (χ0) is 12.8. The van der Waals surface area contributed by atoms with Crippen molar-refractivity contribution in [3.63, 3.8) is 0 Å². The Hall–Kier alpha value is -0.860. The van der Waals surface area contributed by atoms with E-state index >= 15 is 0 Å². The lowest BCUT2D eigenvalue weighted by Gasteiger charge is -2.21. The lowest BCUT2D eigenvalue weighted by molar-refractivity contribution is 0.435. The molecule has 2 nitrogen and oxygen atoms in total. The van der Waals surface area contributed by atoms with Gasteiger partial charge in [0.15, 0.2) is 0 Å². The SMILES string of the molecule is CN(C)CC1=C(c2cccnc2)CCCCCC1.Cl. The van der Waals surface area contributed by atoms with Crippen molar-refractivity contribution in [2.24, 2.45) is 0 Å². The summed E-state index contributed by atoms with van der Waals surface area (Å²) in [4.78, 5) is 6.56. The third kappa shape index (κ3) is 4.96. The van der Waals surface area contributed by atoms with E-state index in [1.54, 1.807) is 11.1 Å². The lowest BCUT2D eigenvalue weighted by Crippen LogP contribution is -2.17. The molecule has 0 aromatic carbocycles. The number of rotatable bonds is 3. The third-order valence-corrected chi connectivity index (χ3v) is 3.60. The van der Waals surface area contributed by atoms with Gasteiger partial charge in [0.05, 0.1) is 0 Å². The van der Waals surface area contributed by atoms with Crippen LogP contribution in [-0.2, 0) is 0 Å². The molecule has 3 heteroatoms. The van der Waals surface area contributed by atoms with E-state index in [1.807, 2.05) is 18.5 Å². The summed E-state index contributed by atoms with van der Waals surface area (Å²) in [5.41, 5.74) is 4.50. The molecule has 0 bridgehead atoms. The summed E-state index contributed by atoms with van der Waals surface area (Å²) >= 11 is 0. The highest BCUT2D eigenvalue weighted by Crippen LogP contribution is 2.30. The second-order valence-corrected chi connectivity index (χ2v) is 5.48. The summed E-state index contributed by atoms with van der Waals surface area (Å²) in [6.45, 7) is 1.09. The van der Waals surface area contributed by atoms with Crippen LogP contribution in [0.25, 0.3) is 5.57 Å². The van der Waals surface area contributed by atoms with E-state index in [1.165, 1.54) is 44.1 Å². The Balaban J connectivity index is 0.00000180. The maximum absolute atomic E-state index is 4.28. The van der Waals surface area contributed by atoms with E-state index in [9.17, 15) is 0 Å². The number of hydrogen-bond acceptors (Lipinski definition) is 2. The van der Waals surface area contributed by atoms with E-state index in [0.29, 0.717) is 0 Å². The topological polar surface area (TPSA) is 16.1 Å². The van der Waals surface area contributed by atoms with E-state index in [4.69, 9.17) is 0 Å². The van der Waals surface area contributed by atoms with Gasteiger partial charge in [0, 0.05) is 18.9 Å². The van der Waals surface area contributed by atoms with E-state index < -0.39 is 0 Å². The van der Waals surface area contributed by atoms with Crippen LogP contribution in [0.15, 0.2) is 30.1 Å². The maximum Gasteiger partial charge on any atom is 0.0343 e. The second kappa shape index (κ2) is 8.34. The molecule has 1 aromatic heterocycles. The standard InChI is InChI=1S/C16H24N2.ClH/c1-18(2)13-15-8-5-3-4-6-10-16(15)14-9-7-11-17-12-14;/h7,9,11-12H,3-6,8,10,13H2,1-2H3;1H. The number of pyridine rings is 1. The molecule has 106 valence electrons. The van der Waals surface area contributed by atoms with Crippen LogP contribution in [0.2, 0.25) is 0 Å². The van der Waals surface area contributed by atoms with Crippen molar-refractivity contribution in [3.8, 4) is 0 Å². The highest BCUT2D eigenvalue weighted by molar-refractivity contribution is 5.85. The number of likely N-dealkylation sites (N-methyl/N-ethyl adjacent to an activating group) is 1. The number of halogens is 1. The van der Waals surface area contributed by atoms with Crippen LogP contribution in [0, 0.1) is 0 Å². The molecule has 0 fully saturated rings. The van der Waals surface area contributed by atoms with Gasteiger partial charge in [0.2, 0.25) is 0 Å². The van der Waals surface area contributed by atoms with Crippen LogP contribution in [-0.4, -0.2) is 30.5 Å². The number of hydrogen-bond donors (Lipinski definition) is 0. The average molecular weight is 281 g/mol. The van der Waals surface area contributed by atoms with Crippen LogP contribution in [0.5, 0.6) is 0 Å². The van der Waals surface area contributed by atoms with Gasteiger partial charge in [-0.25, -0.2) is 0 Å². The molecule has 0 radical (unpaired) electrons. The molecule has 0 saturated carbocycles. The van der Waals surface area contributed by atoms with Crippen molar-refractivity contribution < 1.29 is 0 Å². The third-order valence-electron chi connectivity index (χ3n) is 3.60. The monoisotopic (exact) mass is 280 g/mol. The molecule has 0 amide bonds. The normalized spacial score (nSPS) is 16.8. The first-order valence-corrected chi connectivity index (χ1v) is 7.03. The molecule has 0 aliphatic heterocycles. The fourth-order valence-electron chi connectivity index (χ4n) is 2.77. The summed E-state index contributed by atoms with van der Waals surface area (Å²) in [6.07, 6.45) is 11.8. The smallest absolute Gasteiger partial charge is 0.0343 e. The fraction of sp³-hybridized carbons (Fsp3) is 0.562. The van der Waals surface area contributed by atoms with Crippen molar-refractivity contribution in [1.82, 2.24) is 9.88 Å². The maximum atomic E-state index is 4.28. The Morgan fingerprint density at radius 1 is 1.11 bits per heavy atom. The lowest BCUT2D eigenvalue weighted by atomic mass is 9.89. The van der Waals surface area contributed by atoms with E-state index in [2.05, 4.69) is 30.0 Å². The Kier molecular flexibility index (Phi) is 7.11. The summed E-state index contributed by atoms with van der Waals surface area (Å²) in [5, 5.41) is 0. The van der Waals surface area contributed by atoms with Gasteiger partial charge in [-0.15, -0.1) is 12.4 Å². The predicted octanol–water partition coefficient (Wildman–Crippen LogP) is 4.17. The Labute approximate surface area is 123 Å². The van der Waals surface area contributed by atoms with Gasteiger partial charge >= 0.3 is 0 Å². The van der Waals surface area contributed by atoms with Crippen LogP contribution < -0.4 is 0 Å². The Morgan fingerprint density at radius 3 is 2.47 bits per heavy atom. The molecule has 0 N–H and O–H groups in total. The highest BCUT2D eigenvalue weighted by Gasteiger charge is 2.12. The zero-order valence-corrected chi connectivity index (χ0v) is 12.9. The molecule has 1 aliphatic carbocycles. The first-order chi connectivity index (χ1) is 8.77. The summed E-state index contributed by atoms with van der Waals surface area (Å²) in [7, 11) is 4.32. The molecule has 1 heterocycles. The molecule has 0 atom stereocenters. The zero-order valence-electron chi connectivity index (χ0n) is 12.1. The molecular formula is C16H25ClN2. The van der Waals surface area contributed by atoms with Gasteiger partial charge in [-0.2, -0.15) is 0 Å². The number of allylic oxidation sites excluding steroid dienone is 1. The van der Waals surface area contributed by atoms with Crippen molar-refractivity contribution in [1.29, 1.82) is 0 Å². The van der Waals surface area contributed by atoms with Crippen molar-refractivity contribution in [3.05, 3.63) is 35.7 Å². The van der Waals surface area contributed by atoms with Gasteiger partial charge in [-0.05, 0) is 57.0 Å². The molecular weight excluding hydrogens is 256 g/mol. The second-order valence-electron chi connectivity index (χ2n) is 5.48. The first-order valence-electron chi connectivity index (χ1n) is 7.03. The Bertz CT molecular complexity index is 398. The minimum absolute atomic E-state index is 0. The minimum Gasteiger partial charge on any atom is -0.305 e. The largest absolute Gasteiger partial charge is 0.305 e. The number of aromatic nitrogens is 1. The van der Waals surface area contributed by atoms with Crippen molar-refractivity contribution in [2.75, 3.05) is 20.6 Å². The van der Waals surface area contributed by atoms with Gasteiger partial charge in [-0.3, -0.25) is 4.98 Å². The van der Waals surface area contributed by atoms with Crippen LogP contribution in [0.4, 0.5) is 0 Å². The highest BCUT2D eigenvalue weighted by atomic mass is 35.5. The quantitative estimate of drug-likeness (QED) is 0.826. The van der Waals surface area contributed by atoms with E-state index in [0.717, 1.165) is 6.54 Å². The Morgan fingerprint density at radius 2 is 1.84 bits per heavy atom. The average Bonchev–Trinajstić information content (AvgIpc) is 2.34. The molecule has 0 spiro atoms. The van der Waals surface area contributed by atoms with Crippen LogP contribution in [0.1, 0.15) is 44.1 Å². The molecule has 1 aromatic rings. The van der Waals surface area contributed by atoms with Gasteiger partial charge < -0.3 is 4.90 Å². The summed E-state index contributed by atoms with van der Waals surface area (Å²) < 4.78 is 0. The fourth-order valence-corrected chi connectivity index (χ4v) is 2.77. The summed E-state index contributed by atoms with van der Waals surface area (Å²) in [6, 6.07) is 4.26. The van der Waals surface area contributed by atoms with Crippen LogP contribution in [0.3, 0.4) is 0 Å². The molecule has 0 unspecified atom stereocenters. The molecule has 0 saturated heterocycles. The van der Waals surface area contributed by atoms with Gasteiger partial charge in [-0.1, -0.05) is 24.5 Å². The van der Waals surface area contributed by atoms with Gasteiger partial charge in [0.25, 0.3) is 0 Å². The molecule has 19 heavy (non-hydrogen) atoms. The van der Waals surface area contributed by atoms with E-state index in [-0.39, 0.29) is 12.4 Å². The van der Waals surface area contributed by atoms with Gasteiger partial charge in [0.1, 0.15) is 0 Å². The first kappa shape index (κ1) is 16.2. The minimum atomic E-state index is 0. The molecule has 2 rings (SSSR count). The van der Waals surface area contributed by atoms with Crippen LogP contribution >= 0.6 is 12.4 Å². The summed E-state index contributed by atoms with van der Waals surface area (Å²) in [5.74, 6) is 0.